The number of fused-ring (bicyclic) bond motifs is 1. The molecule has 7 nitrogen and oxygen atoms in total. The molecule has 0 bridgehead atoms. The Bertz CT molecular complexity index is 719. The molecule has 0 aliphatic carbocycles. The number of thioether (sulfide) groups is 1. The molecule has 2 aromatic heterocycles. The Balaban J connectivity index is 2.49. The highest BCUT2D eigenvalue weighted by atomic mass is 32.2. The Morgan fingerprint density at radius 1 is 1.57 bits per heavy atom. The summed E-state index contributed by atoms with van der Waals surface area (Å²) in [5, 5.41) is 0.531. The van der Waals surface area contributed by atoms with Crippen LogP contribution in [0.3, 0.4) is 0 Å². The predicted molar refractivity (Wildman–Crippen MR) is 83.0 cm³/mol. The molecule has 0 atom stereocenters. The topological polar surface area (TPSA) is 106 Å². The van der Waals surface area contributed by atoms with Gasteiger partial charge in [-0.15, -0.1) is 0 Å². The summed E-state index contributed by atoms with van der Waals surface area (Å²) in [4.78, 5) is 31.4. The molecule has 2 rings (SSSR count). The molecule has 0 unspecified atom stereocenters. The summed E-state index contributed by atoms with van der Waals surface area (Å²) in [7, 11) is 0. The third-order valence-corrected chi connectivity index (χ3v) is 3.86. The second-order valence-electron chi connectivity index (χ2n) is 5.27. The smallest absolute Gasteiger partial charge is 0.278 e. The third-order valence-electron chi connectivity index (χ3n) is 2.88. The molecule has 0 aliphatic heterocycles. The minimum Gasteiger partial charge on any atom is -0.353 e. The van der Waals surface area contributed by atoms with Crippen LogP contribution in [-0.4, -0.2) is 26.2 Å². The van der Waals surface area contributed by atoms with Crippen LogP contribution in [0.1, 0.15) is 19.5 Å². The van der Waals surface area contributed by atoms with E-state index in [2.05, 4.69) is 15.4 Å². The van der Waals surface area contributed by atoms with Crippen LogP contribution < -0.4 is 16.8 Å². The van der Waals surface area contributed by atoms with Crippen molar-refractivity contribution in [1.82, 2.24) is 20.0 Å². The van der Waals surface area contributed by atoms with Gasteiger partial charge in [0.05, 0.1) is 11.3 Å². The standard InChI is InChI=1S/C13H19N5O2S/c1-7(2)5-18-12(20)11-9(4-8(3)15-11)16-13(18)21-6-10(19)17-14/h4,7,15H,5-6,14H2,1-3H3,(H,17,19). The number of amides is 1. The lowest BCUT2D eigenvalue weighted by molar-refractivity contribution is -0.118. The number of nitrogens with one attached hydrogen (secondary N) is 2. The lowest BCUT2D eigenvalue weighted by atomic mass is 10.2. The van der Waals surface area contributed by atoms with Gasteiger partial charge in [0.15, 0.2) is 5.16 Å². The molecule has 8 heteroatoms. The lowest BCUT2D eigenvalue weighted by Gasteiger charge is -2.13. The fourth-order valence-corrected chi connectivity index (χ4v) is 2.84. The number of aromatic amines is 1. The number of carbonyl (C=O) groups is 1. The number of hydrogen-bond acceptors (Lipinski definition) is 5. The average Bonchev–Trinajstić information content (AvgIpc) is 2.80. The highest BCUT2D eigenvalue weighted by Crippen LogP contribution is 2.19. The van der Waals surface area contributed by atoms with E-state index < -0.39 is 0 Å². The first kappa shape index (κ1) is 15.6. The number of rotatable bonds is 5. The maximum absolute atomic E-state index is 12.6. The molecule has 114 valence electrons. The minimum absolute atomic E-state index is 0.113. The zero-order valence-electron chi connectivity index (χ0n) is 12.3. The molecule has 0 aliphatic rings. The molecular weight excluding hydrogens is 290 g/mol. The maximum atomic E-state index is 12.6. The molecular formula is C13H19N5O2S. The summed E-state index contributed by atoms with van der Waals surface area (Å²) in [6.07, 6.45) is 0. The van der Waals surface area contributed by atoms with Crippen LogP contribution in [0.25, 0.3) is 11.0 Å². The Kier molecular flexibility index (Phi) is 4.69. The number of carbonyl (C=O) groups excluding carboxylic acids is 1. The molecule has 0 spiro atoms. The van der Waals surface area contributed by atoms with Gasteiger partial charge in [0, 0.05) is 12.2 Å². The van der Waals surface area contributed by atoms with Crippen LogP contribution in [0, 0.1) is 12.8 Å². The molecule has 2 aromatic rings. The van der Waals surface area contributed by atoms with Gasteiger partial charge in [-0.1, -0.05) is 25.6 Å². The molecule has 0 saturated carbocycles. The van der Waals surface area contributed by atoms with Gasteiger partial charge in [-0.25, -0.2) is 10.8 Å². The molecule has 1 amide bonds. The number of nitrogens with two attached hydrogens (primary N) is 1. The van der Waals surface area contributed by atoms with Crippen molar-refractivity contribution in [2.24, 2.45) is 11.8 Å². The number of H-pyrrole nitrogens is 1. The van der Waals surface area contributed by atoms with Crippen molar-refractivity contribution < 1.29 is 4.79 Å². The quantitative estimate of drug-likeness (QED) is 0.249. The highest BCUT2D eigenvalue weighted by molar-refractivity contribution is 7.99. The van der Waals surface area contributed by atoms with Gasteiger partial charge in [0.25, 0.3) is 5.56 Å². The van der Waals surface area contributed by atoms with E-state index in [1.54, 1.807) is 4.57 Å². The van der Waals surface area contributed by atoms with E-state index in [0.29, 0.717) is 28.7 Å². The van der Waals surface area contributed by atoms with Crippen LogP contribution >= 0.6 is 11.8 Å². The van der Waals surface area contributed by atoms with Crippen LogP contribution in [0.4, 0.5) is 0 Å². The molecule has 21 heavy (non-hydrogen) atoms. The summed E-state index contributed by atoms with van der Waals surface area (Å²) in [6.45, 7) is 6.48. The van der Waals surface area contributed by atoms with E-state index in [-0.39, 0.29) is 17.2 Å². The maximum Gasteiger partial charge on any atom is 0.278 e. The Morgan fingerprint density at radius 2 is 2.29 bits per heavy atom. The van der Waals surface area contributed by atoms with Crippen molar-refractivity contribution in [2.45, 2.75) is 32.5 Å². The fraction of sp³-hybridized carbons (Fsp3) is 0.462. The van der Waals surface area contributed by atoms with E-state index in [1.165, 1.54) is 11.8 Å². The number of nitrogens with zero attached hydrogens (tertiary/aromatic N) is 2. The lowest BCUT2D eigenvalue weighted by Crippen LogP contribution is -2.32. The summed E-state index contributed by atoms with van der Waals surface area (Å²) in [5.41, 5.74) is 3.96. The van der Waals surface area contributed by atoms with E-state index >= 15 is 0 Å². The molecule has 0 fully saturated rings. The van der Waals surface area contributed by atoms with Gasteiger partial charge in [0.1, 0.15) is 5.52 Å². The Labute approximate surface area is 126 Å². The first-order valence-electron chi connectivity index (χ1n) is 6.64. The van der Waals surface area contributed by atoms with Gasteiger partial charge in [-0.3, -0.25) is 19.6 Å². The van der Waals surface area contributed by atoms with E-state index in [1.807, 2.05) is 26.8 Å². The second kappa shape index (κ2) is 6.31. The molecule has 4 N–H and O–H groups in total. The van der Waals surface area contributed by atoms with Crippen LogP contribution in [0.2, 0.25) is 0 Å². The summed E-state index contributed by atoms with van der Waals surface area (Å²) < 4.78 is 1.61. The van der Waals surface area contributed by atoms with Crippen molar-refractivity contribution in [3.05, 3.63) is 22.1 Å². The zero-order chi connectivity index (χ0) is 15.6. The summed E-state index contributed by atoms with van der Waals surface area (Å²) in [6, 6.07) is 1.82. The van der Waals surface area contributed by atoms with Crippen molar-refractivity contribution in [1.29, 1.82) is 0 Å². The van der Waals surface area contributed by atoms with Gasteiger partial charge in [-0.2, -0.15) is 0 Å². The van der Waals surface area contributed by atoms with E-state index in [0.717, 1.165) is 5.69 Å². The summed E-state index contributed by atoms with van der Waals surface area (Å²) >= 11 is 1.21. The number of hydrogen-bond donors (Lipinski definition) is 3. The van der Waals surface area contributed by atoms with Gasteiger partial charge in [0.2, 0.25) is 5.91 Å². The van der Waals surface area contributed by atoms with E-state index in [4.69, 9.17) is 5.84 Å². The van der Waals surface area contributed by atoms with Gasteiger partial charge < -0.3 is 4.98 Å². The predicted octanol–water partition coefficient (Wildman–Crippen LogP) is 0.771. The van der Waals surface area contributed by atoms with Gasteiger partial charge in [-0.05, 0) is 18.9 Å². The Morgan fingerprint density at radius 3 is 2.90 bits per heavy atom. The number of aryl methyl sites for hydroxylation is 1. The average molecular weight is 309 g/mol. The summed E-state index contributed by atoms with van der Waals surface area (Å²) in [5.74, 6) is 5.18. The zero-order valence-corrected chi connectivity index (χ0v) is 13.1. The molecule has 0 radical (unpaired) electrons. The minimum atomic E-state index is -0.310. The monoisotopic (exact) mass is 309 g/mol. The Hall–Kier alpha value is -1.80. The number of hydrazine groups is 1. The van der Waals surface area contributed by atoms with Crippen molar-refractivity contribution >= 4 is 28.7 Å². The van der Waals surface area contributed by atoms with E-state index in [9.17, 15) is 9.59 Å². The number of aromatic nitrogens is 3. The van der Waals surface area contributed by atoms with Crippen LogP contribution in [0.5, 0.6) is 0 Å². The third kappa shape index (κ3) is 3.45. The SMILES string of the molecule is Cc1cc2nc(SCC(=O)NN)n(CC(C)C)c(=O)c2[nH]1. The normalized spacial score (nSPS) is 11.3. The highest BCUT2D eigenvalue weighted by Gasteiger charge is 2.15. The first-order valence-corrected chi connectivity index (χ1v) is 7.63. The molecule has 0 aromatic carbocycles. The van der Waals surface area contributed by atoms with Crippen LogP contribution in [-0.2, 0) is 11.3 Å². The van der Waals surface area contributed by atoms with Gasteiger partial charge >= 0.3 is 0 Å². The van der Waals surface area contributed by atoms with Crippen molar-refractivity contribution in [2.75, 3.05) is 5.75 Å². The largest absolute Gasteiger partial charge is 0.353 e. The fourth-order valence-electron chi connectivity index (χ4n) is 2.02. The van der Waals surface area contributed by atoms with Crippen molar-refractivity contribution in [3.8, 4) is 0 Å². The first-order chi connectivity index (χ1) is 9.92. The second-order valence-corrected chi connectivity index (χ2v) is 6.22. The molecule has 2 heterocycles. The molecule has 0 saturated heterocycles. The van der Waals surface area contributed by atoms with Crippen LogP contribution in [0.15, 0.2) is 16.0 Å². The van der Waals surface area contributed by atoms with Crippen molar-refractivity contribution in [3.63, 3.8) is 0 Å².